The third-order valence-corrected chi connectivity index (χ3v) is 4.27. The molecule has 0 amide bonds. The third-order valence-electron chi connectivity index (χ3n) is 4.27. The maximum Gasteiger partial charge on any atom is 0.174 e. The third kappa shape index (κ3) is 2.98. The Bertz CT molecular complexity index is 545. The van der Waals surface area contributed by atoms with Crippen LogP contribution in [0.15, 0.2) is 30.6 Å². The van der Waals surface area contributed by atoms with Crippen LogP contribution in [0.25, 0.3) is 0 Å². The summed E-state index contributed by atoms with van der Waals surface area (Å²) in [5, 5.41) is 0. The molecule has 1 aromatic carbocycles. The molecule has 0 bridgehead atoms. The molecule has 0 atom stereocenters. The van der Waals surface area contributed by atoms with Gasteiger partial charge in [0.15, 0.2) is 18.9 Å². The SMILES string of the molecule is Cc1c(C)c(C)c(C[n+]2ccccc2)c(C)c1C.[Cl-]. The van der Waals surface area contributed by atoms with Crippen molar-refractivity contribution in [2.45, 2.75) is 41.2 Å². The number of benzene rings is 1. The van der Waals surface area contributed by atoms with E-state index < -0.39 is 0 Å². The first-order valence-electron chi connectivity index (χ1n) is 6.52. The molecule has 102 valence electrons. The largest absolute Gasteiger partial charge is 1.00 e. The van der Waals surface area contributed by atoms with Crippen molar-refractivity contribution < 1.29 is 17.0 Å². The lowest BCUT2D eigenvalue weighted by atomic mass is 9.89. The molecule has 0 aliphatic heterocycles. The van der Waals surface area contributed by atoms with E-state index in [0.717, 1.165) is 6.54 Å². The first kappa shape index (κ1) is 15.7. The van der Waals surface area contributed by atoms with Crippen molar-refractivity contribution in [3.63, 3.8) is 0 Å². The molecule has 2 rings (SSSR count). The van der Waals surface area contributed by atoms with E-state index >= 15 is 0 Å². The molecule has 0 spiro atoms. The lowest BCUT2D eigenvalue weighted by molar-refractivity contribution is -0.688. The Morgan fingerprint density at radius 3 is 1.58 bits per heavy atom. The summed E-state index contributed by atoms with van der Waals surface area (Å²) >= 11 is 0. The van der Waals surface area contributed by atoms with Crippen LogP contribution in [0.5, 0.6) is 0 Å². The molecule has 0 aliphatic rings. The van der Waals surface area contributed by atoms with Gasteiger partial charge in [-0.05, 0) is 62.4 Å². The van der Waals surface area contributed by atoms with Gasteiger partial charge >= 0.3 is 0 Å². The minimum Gasteiger partial charge on any atom is -1.00 e. The number of nitrogens with zero attached hydrogens (tertiary/aromatic N) is 1. The van der Waals surface area contributed by atoms with Crippen molar-refractivity contribution in [2.75, 3.05) is 0 Å². The normalized spacial score (nSPS) is 10.2. The Labute approximate surface area is 122 Å². The molecule has 2 aromatic rings. The van der Waals surface area contributed by atoms with Gasteiger partial charge in [0.25, 0.3) is 0 Å². The molecule has 1 nitrogen and oxygen atoms in total. The van der Waals surface area contributed by atoms with E-state index in [0.29, 0.717) is 0 Å². The van der Waals surface area contributed by atoms with Gasteiger partial charge in [0.05, 0.1) is 0 Å². The lowest BCUT2D eigenvalue weighted by Gasteiger charge is -2.16. The molecule has 0 fully saturated rings. The molecular formula is C17H22ClN. The quantitative estimate of drug-likeness (QED) is 0.706. The predicted molar refractivity (Wildman–Crippen MR) is 75.9 cm³/mol. The van der Waals surface area contributed by atoms with E-state index in [9.17, 15) is 0 Å². The molecule has 0 N–H and O–H groups in total. The van der Waals surface area contributed by atoms with Crippen LogP contribution < -0.4 is 17.0 Å². The molecule has 0 aliphatic carbocycles. The van der Waals surface area contributed by atoms with Gasteiger partial charge in [-0.25, -0.2) is 4.57 Å². The number of halogens is 1. The van der Waals surface area contributed by atoms with Crippen molar-refractivity contribution in [1.82, 2.24) is 0 Å². The first-order chi connectivity index (χ1) is 8.52. The summed E-state index contributed by atoms with van der Waals surface area (Å²) in [7, 11) is 0. The average molecular weight is 276 g/mol. The number of hydrogen-bond acceptors (Lipinski definition) is 0. The molecule has 1 heterocycles. The van der Waals surface area contributed by atoms with Crippen molar-refractivity contribution in [3.05, 3.63) is 64.0 Å². The summed E-state index contributed by atoms with van der Waals surface area (Å²) in [5.41, 5.74) is 8.65. The smallest absolute Gasteiger partial charge is 0.174 e. The highest BCUT2D eigenvalue weighted by molar-refractivity contribution is 5.49. The number of aromatic nitrogens is 1. The van der Waals surface area contributed by atoms with Crippen molar-refractivity contribution in [1.29, 1.82) is 0 Å². The Morgan fingerprint density at radius 1 is 0.684 bits per heavy atom. The van der Waals surface area contributed by atoms with Gasteiger partial charge in [-0.1, -0.05) is 6.07 Å². The fourth-order valence-corrected chi connectivity index (χ4v) is 2.54. The molecule has 0 radical (unpaired) electrons. The zero-order valence-electron chi connectivity index (χ0n) is 12.4. The summed E-state index contributed by atoms with van der Waals surface area (Å²) in [6.07, 6.45) is 4.26. The standard InChI is InChI=1S/C17H22N.ClH/c1-12-13(2)15(4)17(16(5)14(12)3)11-18-9-7-6-8-10-18;/h6-10H,11H2,1-5H3;1H/q+1;/p-1. The number of hydrogen-bond donors (Lipinski definition) is 0. The van der Waals surface area contributed by atoms with Gasteiger partial charge in [-0.2, -0.15) is 0 Å². The fraction of sp³-hybridized carbons (Fsp3) is 0.353. The number of pyridine rings is 1. The highest BCUT2D eigenvalue weighted by atomic mass is 35.5. The molecular weight excluding hydrogens is 254 g/mol. The Hall–Kier alpha value is -1.34. The fourth-order valence-electron chi connectivity index (χ4n) is 2.54. The van der Waals surface area contributed by atoms with E-state index in [2.05, 4.69) is 69.8 Å². The van der Waals surface area contributed by atoms with Crippen molar-refractivity contribution >= 4 is 0 Å². The van der Waals surface area contributed by atoms with Gasteiger partial charge in [0.1, 0.15) is 0 Å². The molecule has 1 aromatic heterocycles. The van der Waals surface area contributed by atoms with E-state index in [4.69, 9.17) is 0 Å². The Kier molecular flexibility index (Phi) is 5.13. The molecule has 0 saturated carbocycles. The molecule has 2 heteroatoms. The van der Waals surface area contributed by atoms with E-state index in [1.165, 1.54) is 33.4 Å². The topological polar surface area (TPSA) is 3.88 Å². The van der Waals surface area contributed by atoms with Crippen molar-refractivity contribution in [2.24, 2.45) is 0 Å². The zero-order chi connectivity index (χ0) is 13.3. The van der Waals surface area contributed by atoms with E-state index in [1.54, 1.807) is 0 Å². The second-order valence-electron chi connectivity index (χ2n) is 5.15. The van der Waals surface area contributed by atoms with Crippen LogP contribution in [0.4, 0.5) is 0 Å². The van der Waals surface area contributed by atoms with Gasteiger partial charge in [-0.3, -0.25) is 0 Å². The van der Waals surface area contributed by atoms with Crippen LogP contribution in [-0.2, 0) is 6.54 Å². The Morgan fingerprint density at radius 2 is 1.11 bits per heavy atom. The van der Waals surface area contributed by atoms with Crippen LogP contribution >= 0.6 is 0 Å². The second-order valence-corrected chi connectivity index (χ2v) is 5.15. The van der Waals surface area contributed by atoms with Crippen LogP contribution in [0.1, 0.15) is 33.4 Å². The zero-order valence-corrected chi connectivity index (χ0v) is 13.2. The van der Waals surface area contributed by atoms with Crippen molar-refractivity contribution in [3.8, 4) is 0 Å². The molecule has 0 saturated heterocycles. The van der Waals surface area contributed by atoms with Gasteiger partial charge < -0.3 is 12.4 Å². The molecule has 19 heavy (non-hydrogen) atoms. The highest BCUT2D eigenvalue weighted by Gasteiger charge is 2.14. The summed E-state index contributed by atoms with van der Waals surface area (Å²) in [5.74, 6) is 0. The minimum atomic E-state index is 0. The first-order valence-corrected chi connectivity index (χ1v) is 6.52. The van der Waals surface area contributed by atoms with Crippen LogP contribution in [0, 0.1) is 34.6 Å². The van der Waals surface area contributed by atoms with Gasteiger partial charge in [-0.15, -0.1) is 0 Å². The van der Waals surface area contributed by atoms with Gasteiger partial charge in [0.2, 0.25) is 0 Å². The van der Waals surface area contributed by atoms with Crippen LogP contribution in [-0.4, -0.2) is 0 Å². The Balaban J connectivity index is 0.00000180. The maximum absolute atomic E-state index is 2.24. The highest BCUT2D eigenvalue weighted by Crippen LogP contribution is 2.25. The lowest BCUT2D eigenvalue weighted by Crippen LogP contribution is -3.00. The van der Waals surface area contributed by atoms with Crippen LogP contribution in [0.3, 0.4) is 0 Å². The predicted octanol–water partition coefficient (Wildman–Crippen LogP) is 0.569. The molecule has 0 unspecified atom stereocenters. The summed E-state index contributed by atoms with van der Waals surface area (Å²) < 4.78 is 2.24. The average Bonchev–Trinajstić information content (AvgIpc) is 2.40. The minimum absolute atomic E-state index is 0. The maximum atomic E-state index is 2.24. The monoisotopic (exact) mass is 275 g/mol. The number of rotatable bonds is 2. The van der Waals surface area contributed by atoms with Crippen LogP contribution in [0.2, 0.25) is 0 Å². The summed E-state index contributed by atoms with van der Waals surface area (Å²) in [4.78, 5) is 0. The summed E-state index contributed by atoms with van der Waals surface area (Å²) in [6, 6.07) is 6.22. The summed E-state index contributed by atoms with van der Waals surface area (Å²) in [6.45, 7) is 12.1. The second kappa shape index (κ2) is 6.21. The van der Waals surface area contributed by atoms with E-state index in [1.807, 2.05) is 0 Å². The van der Waals surface area contributed by atoms with E-state index in [-0.39, 0.29) is 12.4 Å². The van der Waals surface area contributed by atoms with Gasteiger partial charge in [0, 0.05) is 17.7 Å².